The zero-order chi connectivity index (χ0) is 35.0. The van der Waals surface area contributed by atoms with Crippen molar-refractivity contribution in [3.63, 3.8) is 0 Å². The Kier molecular flexibility index (Phi) is 9.84. The SMILES string of the molecule is CC1C=C(F)C(NC(=O)c2cc(C(F)(F)F)nn2-c2cccc(CNC(=O)OC(C)(C)C)c2)=CC1C(CCC1CC1)N1C(=O)CCC1=O. The molecule has 3 unspecified atom stereocenters. The third-order valence-corrected chi connectivity index (χ3v) is 8.54. The van der Waals surface area contributed by atoms with E-state index in [0.29, 0.717) is 24.0 Å². The molecule has 1 saturated carbocycles. The molecule has 3 atom stereocenters. The lowest BCUT2D eigenvalue weighted by Crippen LogP contribution is -2.46. The summed E-state index contributed by atoms with van der Waals surface area (Å²) in [5, 5.41) is 8.64. The van der Waals surface area contributed by atoms with Crippen molar-refractivity contribution < 1.29 is 41.5 Å². The molecule has 2 aliphatic carbocycles. The Labute approximate surface area is 275 Å². The number of hydrogen-bond acceptors (Lipinski definition) is 6. The number of ether oxygens (including phenoxy) is 1. The molecule has 1 aromatic carbocycles. The molecule has 2 fully saturated rings. The lowest BCUT2D eigenvalue weighted by molar-refractivity contribution is -0.143. The van der Waals surface area contributed by atoms with Crippen molar-refractivity contribution >= 4 is 23.8 Å². The van der Waals surface area contributed by atoms with E-state index in [1.807, 2.05) is 0 Å². The standard InChI is InChI=1S/C34H39F4N5O5/c1-19-14-24(35)25(16-23(19)26(11-10-20-8-9-20)42-29(44)12-13-30(42)45)40-31(46)27-17-28(34(36,37)38)41-43(27)22-7-5-6-21(15-22)18-39-32(47)48-33(2,3)4/h5-7,14-17,19-20,23,26H,8-13,18H2,1-4H3,(H,39,47)(H,40,46). The summed E-state index contributed by atoms with van der Waals surface area (Å²) in [6.07, 6.45) is 0.802. The number of allylic oxidation sites excluding steroid dienone is 2. The maximum atomic E-state index is 15.4. The number of nitrogens with zero attached hydrogens (tertiary/aromatic N) is 3. The zero-order valence-corrected chi connectivity index (χ0v) is 27.2. The summed E-state index contributed by atoms with van der Waals surface area (Å²) in [6.45, 7) is 6.83. The number of halogens is 4. The first-order chi connectivity index (χ1) is 22.5. The summed E-state index contributed by atoms with van der Waals surface area (Å²) in [6, 6.07) is 6.06. The van der Waals surface area contributed by atoms with Gasteiger partial charge in [0.05, 0.1) is 11.4 Å². The van der Waals surface area contributed by atoms with Gasteiger partial charge >= 0.3 is 12.3 Å². The van der Waals surface area contributed by atoms with Crippen LogP contribution in [0.15, 0.2) is 54.0 Å². The lowest BCUT2D eigenvalue weighted by Gasteiger charge is -2.36. The minimum atomic E-state index is -4.89. The molecule has 2 aromatic rings. The molecule has 5 rings (SSSR count). The first kappa shape index (κ1) is 34.8. The molecule has 0 radical (unpaired) electrons. The number of amides is 4. The molecule has 1 saturated heterocycles. The van der Waals surface area contributed by atoms with Gasteiger partial charge in [0, 0.05) is 37.4 Å². The van der Waals surface area contributed by atoms with Crippen LogP contribution in [0.2, 0.25) is 0 Å². The van der Waals surface area contributed by atoms with Crippen LogP contribution in [-0.2, 0) is 27.0 Å². The molecule has 258 valence electrons. The molecule has 1 aliphatic heterocycles. The Morgan fingerprint density at radius 2 is 1.75 bits per heavy atom. The van der Waals surface area contributed by atoms with Gasteiger partial charge in [-0.25, -0.2) is 13.9 Å². The smallest absolute Gasteiger partial charge is 0.435 e. The Hall–Kier alpha value is -4.49. The zero-order valence-electron chi connectivity index (χ0n) is 27.2. The number of nitrogens with one attached hydrogen (secondary N) is 2. The number of rotatable bonds is 10. The maximum Gasteiger partial charge on any atom is 0.435 e. The number of carbonyl (C=O) groups is 4. The molecule has 4 amide bonds. The summed E-state index contributed by atoms with van der Waals surface area (Å²) < 4.78 is 62.9. The Balaban J connectivity index is 1.42. The third kappa shape index (κ3) is 8.32. The predicted octanol–water partition coefficient (Wildman–Crippen LogP) is 6.36. The maximum absolute atomic E-state index is 15.4. The summed E-state index contributed by atoms with van der Waals surface area (Å²) >= 11 is 0. The van der Waals surface area contributed by atoms with E-state index >= 15 is 4.39 Å². The first-order valence-electron chi connectivity index (χ1n) is 16.0. The topological polar surface area (TPSA) is 123 Å². The normalized spacial score (nSPS) is 20.7. The highest BCUT2D eigenvalue weighted by Gasteiger charge is 2.42. The van der Waals surface area contributed by atoms with Crippen LogP contribution in [0.5, 0.6) is 0 Å². The Morgan fingerprint density at radius 3 is 2.38 bits per heavy atom. The van der Waals surface area contributed by atoms with Gasteiger partial charge in [0.15, 0.2) is 5.69 Å². The average molecular weight is 674 g/mol. The van der Waals surface area contributed by atoms with Gasteiger partial charge in [-0.2, -0.15) is 18.3 Å². The van der Waals surface area contributed by atoms with Gasteiger partial charge in [-0.05, 0) is 69.2 Å². The molecule has 1 aromatic heterocycles. The molecule has 10 nitrogen and oxygen atoms in total. The summed E-state index contributed by atoms with van der Waals surface area (Å²) in [5.74, 6) is -2.90. The number of aromatic nitrogens is 2. The highest BCUT2D eigenvalue weighted by Crippen LogP contribution is 2.40. The third-order valence-electron chi connectivity index (χ3n) is 8.54. The van der Waals surface area contributed by atoms with Gasteiger partial charge in [-0.15, -0.1) is 0 Å². The fourth-order valence-electron chi connectivity index (χ4n) is 6.04. The highest BCUT2D eigenvalue weighted by atomic mass is 19.4. The molecule has 3 aliphatic rings. The van der Waals surface area contributed by atoms with E-state index in [9.17, 15) is 32.3 Å². The molecular formula is C34H39F4N5O5. The second-order valence-electron chi connectivity index (χ2n) is 13.6. The van der Waals surface area contributed by atoms with Crippen molar-refractivity contribution in [3.05, 3.63) is 71.0 Å². The van der Waals surface area contributed by atoms with Gasteiger partial charge < -0.3 is 15.4 Å². The first-order valence-corrected chi connectivity index (χ1v) is 16.0. The summed E-state index contributed by atoms with van der Waals surface area (Å²) in [4.78, 5) is 52.5. The van der Waals surface area contributed by atoms with E-state index in [1.54, 1.807) is 33.8 Å². The van der Waals surface area contributed by atoms with E-state index < -0.39 is 58.9 Å². The van der Waals surface area contributed by atoms with Crippen LogP contribution >= 0.6 is 0 Å². The van der Waals surface area contributed by atoms with E-state index in [-0.39, 0.29) is 42.6 Å². The number of benzene rings is 1. The fourth-order valence-corrected chi connectivity index (χ4v) is 6.04. The number of alkyl carbamates (subject to hydrolysis) is 1. The van der Waals surface area contributed by atoms with Gasteiger partial charge in [0.25, 0.3) is 5.91 Å². The van der Waals surface area contributed by atoms with Crippen molar-refractivity contribution in [2.45, 2.75) is 90.6 Å². The predicted molar refractivity (Wildman–Crippen MR) is 166 cm³/mol. The van der Waals surface area contributed by atoms with Crippen molar-refractivity contribution in [1.82, 2.24) is 25.3 Å². The summed E-state index contributed by atoms with van der Waals surface area (Å²) in [7, 11) is 0. The van der Waals surface area contributed by atoms with E-state index in [2.05, 4.69) is 15.7 Å². The summed E-state index contributed by atoms with van der Waals surface area (Å²) in [5.41, 5.74) is -2.29. The largest absolute Gasteiger partial charge is 0.444 e. The Bertz CT molecular complexity index is 1640. The number of likely N-dealkylation sites (tertiary alicyclic amines) is 1. The highest BCUT2D eigenvalue weighted by molar-refractivity contribution is 6.02. The van der Waals surface area contributed by atoms with Crippen LogP contribution in [-0.4, -0.2) is 50.1 Å². The molecule has 0 bridgehead atoms. The fraction of sp³-hybridized carbons (Fsp3) is 0.500. The molecule has 14 heteroatoms. The van der Waals surface area contributed by atoms with Gasteiger partial charge in [0.2, 0.25) is 11.8 Å². The van der Waals surface area contributed by atoms with E-state index in [0.717, 1.165) is 23.9 Å². The second kappa shape index (κ2) is 13.6. The second-order valence-corrected chi connectivity index (χ2v) is 13.6. The van der Waals surface area contributed by atoms with Crippen molar-refractivity contribution in [3.8, 4) is 5.69 Å². The quantitative estimate of drug-likeness (QED) is 0.224. The lowest BCUT2D eigenvalue weighted by atomic mass is 9.80. The Morgan fingerprint density at radius 1 is 1.06 bits per heavy atom. The number of imide groups is 1. The van der Waals surface area contributed by atoms with Crippen LogP contribution < -0.4 is 10.6 Å². The molecule has 2 N–H and O–H groups in total. The minimum Gasteiger partial charge on any atom is -0.444 e. The molecular weight excluding hydrogens is 634 g/mol. The van der Waals surface area contributed by atoms with Crippen molar-refractivity contribution in [1.29, 1.82) is 0 Å². The number of hydrogen-bond donors (Lipinski definition) is 2. The molecule has 48 heavy (non-hydrogen) atoms. The average Bonchev–Trinajstić information content (AvgIpc) is 3.60. The van der Waals surface area contributed by atoms with Crippen LogP contribution in [0.3, 0.4) is 0 Å². The number of alkyl halides is 3. The van der Waals surface area contributed by atoms with Gasteiger partial charge in [-0.3, -0.25) is 19.3 Å². The molecule has 0 spiro atoms. The van der Waals surface area contributed by atoms with E-state index in [1.165, 1.54) is 35.3 Å². The van der Waals surface area contributed by atoms with Crippen LogP contribution in [0.25, 0.3) is 5.69 Å². The molecule has 2 heterocycles. The van der Waals surface area contributed by atoms with Crippen LogP contribution in [0.1, 0.15) is 88.0 Å². The van der Waals surface area contributed by atoms with Crippen LogP contribution in [0, 0.1) is 17.8 Å². The van der Waals surface area contributed by atoms with E-state index in [4.69, 9.17) is 4.74 Å². The van der Waals surface area contributed by atoms with Gasteiger partial charge in [0.1, 0.15) is 17.1 Å². The van der Waals surface area contributed by atoms with Gasteiger partial charge in [-0.1, -0.05) is 38.0 Å². The number of carbonyl (C=O) groups excluding carboxylic acids is 4. The van der Waals surface area contributed by atoms with Crippen LogP contribution in [0.4, 0.5) is 22.4 Å². The monoisotopic (exact) mass is 673 g/mol. The minimum absolute atomic E-state index is 0.0237. The van der Waals surface area contributed by atoms with Crippen molar-refractivity contribution in [2.24, 2.45) is 17.8 Å². The van der Waals surface area contributed by atoms with Crippen molar-refractivity contribution in [2.75, 3.05) is 0 Å².